The van der Waals surface area contributed by atoms with Crippen molar-refractivity contribution in [2.75, 3.05) is 14.2 Å². The first-order chi connectivity index (χ1) is 11.7. The summed E-state index contributed by atoms with van der Waals surface area (Å²) in [5.74, 6) is 1.14. The molecule has 124 valence electrons. The molecule has 3 rings (SSSR count). The standard InChI is InChI=1S/C18H16ClNO4/c1-22-12-9-7-11(8-10-12)17-15(18(21)23-2)16(20-24-17)13-5-3-4-6-14(13)19/h3-10,18,21H,1-2H3. The number of ether oxygens (including phenoxy) is 2. The second kappa shape index (κ2) is 7.05. The van der Waals surface area contributed by atoms with Crippen molar-refractivity contribution in [1.29, 1.82) is 0 Å². The quantitative estimate of drug-likeness (QED) is 0.698. The van der Waals surface area contributed by atoms with Crippen LogP contribution in [-0.2, 0) is 4.74 Å². The maximum absolute atomic E-state index is 10.3. The minimum atomic E-state index is -1.19. The fourth-order valence-corrected chi connectivity index (χ4v) is 2.67. The molecule has 0 saturated heterocycles. The topological polar surface area (TPSA) is 64.7 Å². The van der Waals surface area contributed by atoms with Gasteiger partial charge < -0.3 is 19.1 Å². The first-order valence-electron chi connectivity index (χ1n) is 7.25. The van der Waals surface area contributed by atoms with Gasteiger partial charge in [0.15, 0.2) is 12.1 Å². The highest BCUT2D eigenvalue weighted by atomic mass is 35.5. The van der Waals surface area contributed by atoms with Gasteiger partial charge in [-0.05, 0) is 30.3 Å². The number of rotatable bonds is 5. The number of aliphatic hydroxyl groups is 1. The van der Waals surface area contributed by atoms with Crippen LogP contribution in [0.5, 0.6) is 5.75 Å². The first-order valence-corrected chi connectivity index (χ1v) is 7.63. The van der Waals surface area contributed by atoms with Gasteiger partial charge in [-0.15, -0.1) is 0 Å². The number of hydrogen-bond acceptors (Lipinski definition) is 5. The molecule has 0 fully saturated rings. The Morgan fingerprint density at radius 2 is 1.79 bits per heavy atom. The highest BCUT2D eigenvalue weighted by Gasteiger charge is 2.26. The van der Waals surface area contributed by atoms with Crippen molar-refractivity contribution in [3.05, 3.63) is 59.1 Å². The average Bonchev–Trinajstić information content (AvgIpc) is 3.06. The Hall–Kier alpha value is -2.34. The lowest BCUT2D eigenvalue weighted by Gasteiger charge is -2.11. The van der Waals surface area contributed by atoms with E-state index in [1.165, 1.54) is 7.11 Å². The molecule has 0 aliphatic carbocycles. The third kappa shape index (κ3) is 3.01. The monoisotopic (exact) mass is 345 g/mol. The second-order valence-corrected chi connectivity index (χ2v) is 5.48. The summed E-state index contributed by atoms with van der Waals surface area (Å²) in [6, 6.07) is 14.5. The van der Waals surface area contributed by atoms with E-state index >= 15 is 0 Å². The summed E-state index contributed by atoms with van der Waals surface area (Å²) in [5.41, 5.74) is 2.28. The van der Waals surface area contributed by atoms with E-state index < -0.39 is 6.29 Å². The largest absolute Gasteiger partial charge is 0.497 e. The van der Waals surface area contributed by atoms with Gasteiger partial charge >= 0.3 is 0 Å². The molecular weight excluding hydrogens is 330 g/mol. The summed E-state index contributed by atoms with van der Waals surface area (Å²) in [5, 5.41) is 14.9. The van der Waals surface area contributed by atoms with E-state index in [2.05, 4.69) is 5.16 Å². The number of methoxy groups -OCH3 is 2. The SMILES string of the molecule is COc1ccc(-c2onc(-c3ccccc3Cl)c2C(O)OC)cc1. The molecule has 0 amide bonds. The zero-order chi connectivity index (χ0) is 17.1. The van der Waals surface area contributed by atoms with Crippen LogP contribution in [0, 0.1) is 0 Å². The van der Waals surface area contributed by atoms with Crippen LogP contribution in [0.2, 0.25) is 5.02 Å². The maximum atomic E-state index is 10.3. The van der Waals surface area contributed by atoms with Crippen LogP contribution in [-0.4, -0.2) is 24.5 Å². The lowest BCUT2D eigenvalue weighted by atomic mass is 10.0. The Labute approximate surface area is 144 Å². The average molecular weight is 346 g/mol. The van der Waals surface area contributed by atoms with E-state index in [-0.39, 0.29) is 0 Å². The number of aliphatic hydroxyl groups excluding tert-OH is 1. The van der Waals surface area contributed by atoms with Crippen LogP contribution in [0.4, 0.5) is 0 Å². The van der Waals surface area contributed by atoms with Gasteiger partial charge in [-0.1, -0.05) is 35.0 Å². The minimum absolute atomic E-state index is 0.418. The van der Waals surface area contributed by atoms with Crippen LogP contribution in [0.15, 0.2) is 53.1 Å². The number of aromatic nitrogens is 1. The molecule has 1 heterocycles. The highest BCUT2D eigenvalue weighted by molar-refractivity contribution is 6.33. The summed E-state index contributed by atoms with van der Waals surface area (Å²) < 4.78 is 15.7. The van der Waals surface area contributed by atoms with Crippen molar-refractivity contribution in [3.63, 3.8) is 0 Å². The lowest BCUT2D eigenvalue weighted by Crippen LogP contribution is -2.02. The van der Waals surface area contributed by atoms with Gasteiger partial charge in [0.25, 0.3) is 0 Å². The molecule has 1 N–H and O–H groups in total. The van der Waals surface area contributed by atoms with Gasteiger partial charge in [-0.3, -0.25) is 0 Å². The summed E-state index contributed by atoms with van der Waals surface area (Å²) in [6.07, 6.45) is -1.19. The molecule has 0 spiro atoms. The smallest absolute Gasteiger partial charge is 0.186 e. The van der Waals surface area contributed by atoms with Crippen molar-refractivity contribution in [2.45, 2.75) is 6.29 Å². The Balaban J connectivity index is 2.15. The molecule has 0 aliphatic rings. The molecule has 0 radical (unpaired) electrons. The molecule has 3 aromatic rings. The van der Waals surface area contributed by atoms with Crippen LogP contribution < -0.4 is 4.74 Å². The molecular formula is C18H16ClNO4. The van der Waals surface area contributed by atoms with Gasteiger partial charge in [-0.25, -0.2) is 0 Å². The van der Waals surface area contributed by atoms with Crippen molar-refractivity contribution < 1.29 is 19.1 Å². The number of benzene rings is 2. The summed E-state index contributed by atoms with van der Waals surface area (Å²) in [6.45, 7) is 0. The van der Waals surface area contributed by atoms with Gasteiger partial charge in [0.2, 0.25) is 0 Å². The normalized spacial score (nSPS) is 12.2. The zero-order valence-electron chi connectivity index (χ0n) is 13.2. The number of halogens is 1. The van der Waals surface area contributed by atoms with Gasteiger partial charge in [0.05, 0.1) is 17.7 Å². The molecule has 0 bridgehead atoms. The van der Waals surface area contributed by atoms with Crippen molar-refractivity contribution in [3.8, 4) is 28.3 Å². The van der Waals surface area contributed by atoms with Crippen LogP contribution in [0.3, 0.4) is 0 Å². The maximum Gasteiger partial charge on any atom is 0.186 e. The molecule has 1 unspecified atom stereocenters. The fraction of sp³-hybridized carbons (Fsp3) is 0.167. The number of hydrogen-bond donors (Lipinski definition) is 1. The Kier molecular flexibility index (Phi) is 4.85. The third-order valence-electron chi connectivity index (χ3n) is 3.68. The Morgan fingerprint density at radius 3 is 2.42 bits per heavy atom. The molecule has 2 aromatic carbocycles. The predicted molar refractivity (Wildman–Crippen MR) is 90.9 cm³/mol. The van der Waals surface area contributed by atoms with E-state index in [0.717, 1.165) is 11.3 Å². The Bertz CT molecular complexity index is 829. The second-order valence-electron chi connectivity index (χ2n) is 5.07. The highest BCUT2D eigenvalue weighted by Crippen LogP contribution is 2.39. The summed E-state index contributed by atoms with van der Waals surface area (Å²) in [4.78, 5) is 0. The van der Waals surface area contributed by atoms with Crippen molar-refractivity contribution in [2.24, 2.45) is 0 Å². The summed E-state index contributed by atoms with van der Waals surface area (Å²) in [7, 11) is 3.00. The predicted octanol–water partition coefficient (Wildman–Crippen LogP) is 4.31. The van der Waals surface area contributed by atoms with Gasteiger partial charge in [-0.2, -0.15) is 0 Å². The zero-order valence-corrected chi connectivity index (χ0v) is 13.9. The fourth-order valence-electron chi connectivity index (χ4n) is 2.44. The third-order valence-corrected chi connectivity index (χ3v) is 4.01. The Morgan fingerprint density at radius 1 is 1.08 bits per heavy atom. The van der Waals surface area contributed by atoms with E-state index in [1.54, 1.807) is 25.3 Å². The molecule has 24 heavy (non-hydrogen) atoms. The van der Waals surface area contributed by atoms with Gasteiger partial charge in [0.1, 0.15) is 11.4 Å². The van der Waals surface area contributed by atoms with Crippen molar-refractivity contribution >= 4 is 11.6 Å². The first kappa shape index (κ1) is 16.5. The molecule has 0 aliphatic heterocycles. The molecule has 1 atom stereocenters. The van der Waals surface area contributed by atoms with Crippen molar-refractivity contribution in [1.82, 2.24) is 5.16 Å². The molecule has 1 aromatic heterocycles. The van der Waals surface area contributed by atoms with Crippen LogP contribution in [0.25, 0.3) is 22.6 Å². The van der Waals surface area contributed by atoms with E-state index in [9.17, 15) is 5.11 Å². The molecule has 0 saturated carbocycles. The van der Waals surface area contributed by atoms with Crippen LogP contribution in [0.1, 0.15) is 11.9 Å². The summed E-state index contributed by atoms with van der Waals surface area (Å²) >= 11 is 6.25. The van der Waals surface area contributed by atoms with Crippen LogP contribution >= 0.6 is 11.6 Å². The minimum Gasteiger partial charge on any atom is -0.497 e. The molecule has 5 nitrogen and oxygen atoms in total. The lowest BCUT2D eigenvalue weighted by molar-refractivity contribution is -0.0763. The van der Waals surface area contributed by atoms with E-state index in [4.69, 9.17) is 25.6 Å². The molecule has 6 heteroatoms. The van der Waals surface area contributed by atoms with E-state index in [0.29, 0.717) is 27.6 Å². The van der Waals surface area contributed by atoms with Gasteiger partial charge in [0, 0.05) is 18.2 Å². The van der Waals surface area contributed by atoms with E-state index in [1.807, 2.05) is 30.3 Å². The number of nitrogens with zero attached hydrogens (tertiary/aromatic N) is 1.